The van der Waals surface area contributed by atoms with Crippen molar-refractivity contribution < 1.29 is 15.0 Å². The Bertz CT molecular complexity index is 641. The van der Waals surface area contributed by atoms with Crippen molar-refractivity contribution in [2.45, 2.75) is 6.92 Å². The molecule has 0 aliphatic rings. The van der Waals surface area contributed by atoms with Gasteiger partial charge in [0, 0.05) is 0 Å². The molecule has 2 rings (SSSR count). The Morgan fingerprint density at radius 2 is 2.18 bits per heavy atom. The van der Waals surface area contributed by atoms with Gasteiger partial charge in [-0.25, -0.2) is 9.59 Å². The van der Waals surface area contributed by atoms with Crippen molar-refractivity contribution in [3.05, 3.63) is 40.1 Å². The molecule has 0 fully saturated rings. The van der Waals surface area contributed by atoms with Gasteiger partial charge in [-0.05, 0) is 24.6 Å². The van der Waals surface area contributed by atoms with Gasteiger partial charge in [0.15, 0.2) is 0 Å². The molecule has 0 aliphatic heterocycles. The normalized spacial score (nSPS) is 10.4. The lowest BCUT2D eigenvalue weighted by atomic mass is 10.2. The second kappa shape index (κ2) is 3.78. The maximum atomic E-state index is 11.5. The molecular formula is C10H9N3O4. The molecule has 0 amide bonds. The van der Waals surface area contributed by atoms with Gasteiger partial charge in [-0.15, -0.1) is 5.10 Å². The molecule has 0 bridgehead atoms. The summed E-state index contributed by atoms with van der Waals surface area (Å²) in [5, 5.41) is 21.9. The van der Waals surface area contributed by atoms with E-state index >= 15 is 0 Å². The van der Waals surface area contributed by atoms with E-state index in [9.17, 15) is 14.7 Å². The number of phenolic OH excluding ortho intramolecular Hbond substituents is 1. The van der Waals surface area contributed by atoms with E-state index in [1.807, 2.05) is 0 Å². The number of nitrogens with one attached hydrogen (secondary N) is 1. The predicted octanol–water partition coefficient (Wildman–Crippen LogP) is 0.273. The summed E-state index contributed by atoms with van der Waals surface area (Å²) in [6, 6.07) is 4.60. The van der Waals surface area contributed by atoms with Gasteiger partial charge in [0.25, 0.3) is 0 Å². The molecule has 0 saturated heterocycles. The first kappa shape index (κ1) is 10.9. The molecule has 0 radical (unpaired) electrons. The van der Waals surface area contributed by atoms with Crippen molar-refractivity contribution in [3.63, 3.8) is 0 Å². The first-order valence-corrected chi connectivity index (χ1v) is 4.71. The number of carboxylic acid groups (broad SMARTS) is 1. The SMILES string of the molecule is Cc1ccc(O)c(-n2nc(C(=O)O)[nH]c2=O)c1. The zero-order valence-corrected chi connectivity index (χ0v) is 8.84. The molecule has 7 nitrogen and oxygen atoms in total. The Hall–Kier alpha value is -2.57. The van der Waals surface area contributed by atoms with Crippen LogP contribution < -0.4 is 5.69 Å². The molecule has 0 saturated carbocycles. The van der Waals surface area contributed by atoms with E-state index in [1.54, 1.807) is 13.0 Å². The van der Waals surface area contributed by atoms with Gasteiger partial charge < -0.3 is 10.2 Å². The maximum absolute atomic E-state index is 11.5. The van der Waals surface area contributed by atoms with Crippen LogP contribution >= 0.6 is 0 Å². The molecule has 1 heterocycles. The minimum atomic E-state index is -1.34. The molecule has 17 heavy (non-hydrogen) atoms. The van der Waals surface area contributed by atoms with Gasteiger partial charge in [-0.3, -0.25) is 4.98 Å². The number of aryl methyl sites for hydroxylation is 1. The van der Waals surface area contributed by atoms with E-state index in [4.69, 9.17) is 5.11 Å². The highest BCUT2D eigenvalue weighted by molar-refractivity contribution is 5.82. The number of phenols is 1. The van der Waals surface area contributed by atoms with Crippen LogP contribution in [-0.4, -0.2) is 30.9 Å². The highest BCUT2D eigenvalue weighted by Gasteiger charge is 2.14. The summed E-state index contributed by atoms with van der Waals surface area (Å²) in [6.45, 7) is 1.78. The number of H-pyrrole nitrogens is 1. The van der Waals surface area contributed by atoms with Crippen molar-refractivity contribution in [2.24, 2.45) is 0 Å². The third-order valence-electron chi connectivity index (χ3n) is 2.18. The zero-order chi connectivity index (χ0) is 12.6. The van der Waals surface area contributed by atoms with Crippen molar-refractivity contribution in [1.29, 1.82) is 0 Å². The number of hydrogen-bond acceptors (Lipinski definition) is 4. The van der Waals surface area contributed by atoms with E-state index in [0.717, 1.165) is 10.2 Å². The number of aromatic carboxylic acids is 1. The number of benzene rings is 1. The van der Waals surface area contributed by atoms with E-state index in [1.165, 1.54) is 12.1 Å². The fourth-order valence-electron chi connectivity index (χ4n) is 1.39. The summed E-state index contributed by atoms with van der Waals surface area (Å²) in [5.74, 6) is -1.97. The average Bonchev–Trinajstić information content (AvgIpc) is 2.64. The lowest BCUT2D eigenvalue weighted by molar-refractivity contribution is 0.0683. The molecule has 2 aromatic rings. The molecule has 0 aliphatic carbocycles. The lowest BCUT2D eigenvalue weighted by Crippen LogP contribution is -2.16. The van der Waals surface area contributed by atoms with Crippen LogP contribution in [0.15, 0.2) is 23.0 Å². The van der Waals surface area contributed by atoms with Crippen LogP contribution in [0.1, 0.15) is 16.2 Å². The Labute approximate surface area is 95.0 Å². The van der Waals surface area contributed by atoms with Gasteiger partial charge in [0.2, 0.25) is 5.82 Å². The molecule has 1 aromatic carbocycles. The van der Waals surface area contributed by atoms with E-state index in [0.29, 0.717) is 0 Å². The number of aromatic hydroxyl groups is 1. The Kier molecular flexibility index (Phi) is 2.43. The number of carboxylic acids is 1. The number of hydrogen-bond donors (Lipinski definition) is 3. The fraction of sp³-hybridized carbons (Fsp3) is 0.100. The summed E-state index contributed by atoms with van der Waals surface area (Å²) in [7, 11) is 0. The van der Waals surface area contributed by atoms with Gasteiger partial charge in [0.1, 0.15) is 11.4 Å². The summed E-state index contributed by atoms with van der Waals surface area (Å²) < 4.78 is 0.811. The summed E-state index contributed by atoms with van der Waals surface area (Å²) in [6.07, 6.45) is 0. The van der Waals surface area contributed by atoms with Crippen molar-refractivity contribution in [1.82, 2.24) is 14.8 Å². The highest BCUT2D eigenvalue weighted by atomic mass is 16.4. The van der Waals surface area contributed by atoms with Crippen LogP contribution in [-0.2, 0) is 0 Å². The van der Waals surface area contributed by atoms with Crippen molar-refractivity contribution >= 4 is 5.97 Å². The van der Waals surface area contributed by atoms with E-state index in [-0.39, 0.29) is 11.4 Å². The van der Waals surface area contributed by atoms with E-state index < -0.39 is 17.5 Å². The number of aromatic amines is 1. The molecule has 3 N–H and O–H groups in total. The van der Waals surface area contributed by atoms with Gasteiger partial charge in [0.05, 0.1) is 0 Å². The molecule has 88 valence electrons. The van der Waals surface area contributed by atoms with Crippen LogP contribution in [0.3, 0.4) is 0 Å². The monoisotopic (exact) mass is 235 g/mol. The lowest BCUT2D eigenvalue weighted by Gasteiger charge is -2.03. The van der Waals surface area contributed by atoms with E-state index in [2.05, 4.69) is 10.1 Å². The highest BCUT2D eigenvalue weighted by Crippen LogP contribution is 2.20. The summed E-state index contributed by atoms with van der Waals surface area (Å²) >= 11 is 0. The van der Waals surface area contributed by atoms with Crippen LogP contribution in [0.4, 0.5) is 0 Å². The van der Waals surface area contributed by atoms with Crippen LogP contribution in [0.25, 0.3) is 5.69 Å². The molecule has 7 heteroatoms. The number of nitrogens with zero attached hydrogens (tertiary/aromatic N) is 2. The third-order valence-corrected chi connectivity index (χ3v) is 2.18. The largest absolute Gasteiger partial charge is 0.506 e. The molecular weight excluding hydrogens is 226 g/mol. The zero-order valence-electron chi connectivity index (χ0n) is 8.84. The Morgan fingerprint density at radius 3 is 2.76 bits per heavy atom. The quantitative estimate of drug-likeness (QED) is 0.692. The average molecular weight is 235 g/mol. The van der Waals surface area contributed by atoms with Crippen LogP contribution in [0.2, 0.25) is 0 Å². The molecule has 0 atom stereocenters. The number of aromatic nitrogens is 3. The van der Waals surface area contributed by atoms with Crippen molar-refractivity contribution in [2.75, 3.05) is 0 Å². The first-order valence-electron chi connectivity index (χ1n) is 4.71. The topological polar surface area (TPSA) is 108 Å². The minimum absolute atomic E-state index is 0.138. The van der Waals surface area contributed by atoms with Gasteiger partial charge in [-0.2, -0.15) is 4.68 Å². The van der Waals surface area contributed by atoms with Gasteiger partial charge >= 0.3 is 11.7 Å². The number of carbonyl (C=O) groups is 1. The third kappa shape index (κ3) is 1.89. The fourth-order valence-corrected chi connectivity index (χ4v) is 1.39. The standard InChI is InChI=1S/C10H9N3O4/c1-5-2-3-7(14)6(4-5)13-10(17)11-8(12-13)9(15)16/h2-4,14H,1H3,(H,15,16)(H,11,12,17). The molecule has 0 spiro atoms. The summed E-state index contributed by atoms with van der Waals surface area (Å²) in [4.78, 5) is 24.2. The van der Waals surface area contributed by atoms with Crippen LogP contribution in [0, 0.1) is 6.92 Å². The Balaban J connectivity index is 2.64. The van der Waals surface area contributed by atoms with Crippen molar-refractivity contribution in [3.8, 4) is 11.4 Å². The second-order valence-electron chi connectivity index (χ2n) is 3.49. The minimum Gasteiger partial charge on any atom is -0.506 e. The first-order chi connectivity index (χ1) is 7.99. The maximum Gasteiger partial charge on any atom is 0.373 e. The Morgan fingerprint density at radius 1 is 1.47 bits per heavy atom. The smallest absolute Gasteiger partial charge is 0.373 e. The molecule has 0 unspecified atom stereocenters. The van der Waals surface area contributed by atoms with Crippen LogP contribution in [0.5, 0.6) is 5.75 Å². The predicted molar refractivity (Wildman–Crippen MR) is 57.5 cm³/mol. The molecule has 1 aromatic heterocycles. The van der Waals surface area contributed by atoms with Gasteiger partial charge in [-0.1, -0.05) is 6.07 Å². The second-order valence-corrected chi connectivity index (χ2v) is 3.49. The number of rotatable bonds is 2. The summed E-state index contributed by atoms with van der Waals surface area (Å²) in [5.41, 5.74) is 0.228.